The lowest BCUT2D eigenvalue weighted by atomic mass is 9.92. The maximum atomic E-state index is 11.8. The Morgan fingerprint density at radius 2 is 2.00 bits per heavy atom. The summed E-state index contributed by atoms with van der Waals surface area (Å²) in [5, 5.41) is 0. The topological polar surface area (TPSA) is 20.3 Å². The molecule has 1 aliphatic heterocycles. The molecule has 1 fully saturated rings. The van der Waals surface area contributed by atoms with Gasteiger partial charge < -0.3 is 0 Å². The van der Waals surface area contributed by atoms with E-state index >= 15 is 0 Å². The van der Waals surface area contributed by atoms with Gasteiger partial charge in [-0.2, -0.15) is 0 Å². The van der Waals surface area contributed by atoms with Crippen molar-refractivity contribution in [2.75, 3.05) is 13.1 Å². The highest BCUT2D eigenvalue weighted by molar-refractivity contribution is 5.81. The Bertz CT molecular complexity index is 374. The number of carbonyl (C=O) groups excluding carboxylic acids is 1. The Hall–Kier alpha value is -1.15. The zero-order valence-corrected chi connectivity index (χ0v) is 10.7. The molecule has 0 aliphatic carbocycles. The lowest BCUT2D eigenvalue weighted by Crippen LogP contribution is -2.23. The molecule has 2 heteroatoms. The van der Waals surface area contributed by atoms with Gasteiger partial charge in [0, 0.05) is 32.0 Å². The van der Waals surface area contributed by atoms with Crippen LogP contribution in [0.2, 0.25) is 0 Å². The lowest BCUT2D eigenvalue weighted by molar-refractivity contribution is -0.123. The molecule has 0 saturated carbocycles. The van der Waals surface area contributed by atoms with E-state index in [9.17, 15) is 4.79 Å². The van der Waals surface area contributed by atoms with Crippen molar-refractivity contribution in [2.45, 2.75) is 26.8 Å². The van der Waals surface area contributed by atoms with Crippen LogP contribution in [0, 0.1) is 11.8 Å². The number of ketones is 1. The second-order valence-electron chi connectivity index (χ2n) is 5.08. The van der Waals surface area contributed by atoms with Crippen LogP contribution in [-0.2, 0) is 11.3 Å². The normalized spacial score (nSPS) is 25.1. The van der Waals surface area contributed by atoms with E-state index in [1.54, 1.807) is 0 Å². The minimum Gasteiger partial charge on any atom is -0.299 e. The molecular formula is C15H21NO. The van der Waals surface area contributed by atoms with E-state index < -0.39 is 0 Å². The fourth-order valence-electron chi connectivity index (χ4n) is 2.72. The molecule has 0 amide bonds. The summed E-state index contributed by atoms with van der Waals surface area (Å²) in [5.41, 5.74) is 1.34. The molecule has 0 N–H and O–H groups in total. The SMILES string of the molecule is CCC(=O)C1CN(Cc2ccccc2)CC1C. The maximum absolute atomic E-state index is 11.8. The molecule has 17 heavy (non-hydrogen) atoms. The average Bonchev–Trinajstić information content (AvgIpc) is 2.70. The van der Waals surface area contributed by atoms with E-state index in [-0.39, 0.29) is 5.92 Å². The minimum absolute atomic E-state index is 0.253. The van der Waals surface area contributed by atoms with Gasteiger partial charge in [0.25, 0.3) is 0 Å². The summed E-state index contributed by atoms with van der Waals surface area (Å²) in [6, 6.07) is 10.5. The first-order valence-electron chi connectivity index (χ1n) is 6.49. The number of carbonyl (C=O) groups is 1. The number of Topliss-reactive ketones (excluding diaryl/α,β-unsaturated/α-hetero) is 1. The van der Waals surface area contributed by atoms with Crippen LogP contribution in [0.5, 0.6) is 0 Å². The third-order valence-electron chi connectivity index (χ3n) is 3.70. The molecule has 0 aromatic heterocycles. The van der Waals surface area contributed by atoms with Crippen LogP contribution in [0.4, 0.5) is 0 Å². The zero-order valence-electron chi connectivity index (χ0n) is 10.7. The van der Waals surface area contributed by atoms with E-state index in [4.69, 9.17) is 0 Å². The summed E-state index contributed by atoms with van der Waals surface area (Å²) in [5.74, 6) is 1.18. The first kappa shape index (κ1) is 12.3. The van der Waals surface area contributed by atoms with Crippen LogP contribution in [0.25, 0.3) is 0 Å². The smallest absolute Gasteiger partial charge is 0.137 e. The van der Waals surface area contributed by atoms with E-state index in [2.05, 4.69) is 36.1 Å². The van der Waals surface area contributed by atoms with E-state index in [1.807, 2.05) is 13.0 Å². The molecule has 1 saturated heterocycles. The Kier molecular flexibility index (Phi) is 3.95. The van der Waals surface area contributed by atoms with Gasteiger partial charge in [-0.1, -0.05) is 44.2 Å². The summed E-state index contributed by atoms with van der Waals surface area (Å²) < 4.78 is 0. The molecule has 1 aromatic rings. The van der Waals surface area contributed by atoms with Crippen LogP contribution >= 0.6 is 0 Å². The molecule has 0 radical (unpaired) electrons. The second kappa shape index (κ2) is 5.46. The monoisotopic (exact) mass is 231 g/mol. The third-order valence-corrected chi connectivity index (χ3v) is 3.70. The highest BCUT2D eigenvalue weighted by Gasteiger charge is 2.33. The number of nitrogens with zero attached hydrogens (tertiary/aromatic N) is 1. The Balaban J connectivity index is 1.95. The Morgan fingerprint density at radius 1 is 1.29 bits per heavy atom. The molecule has 92 valence electrons. The molecule has 2 nitrogen and oxygen atoms in total. The van der Waals surface area contributed by atoms with Gasteiger partial charge in [0.2, 0.25) is 0 Å². The van der Waals surface area contributed by atoms with Gasteiger partial charge in [0.15, 0.2) is 0 Å². The van der Waals surface area contributed by atoms with Gasteiger partial charge in [-0.05, 0) is 11.5 Å². The fourth-order valence-corrected chi connectivity index (χ4v) is 2.72. The molecule has 1 aliphatic rings. The molecule has 2 rings (SSSR count). The summed E-state index contributed by atoms with van der Waals surface area (Å²) >= 11 is 0. The van der Waals surface area contributed by atoms with Crippen molar-refractivity contribution in [3.8, 4) is 0 Å². The number of benzene rings is 1. The largest absolute Gasteiger partial charge is 0.299 e. The number of hydrogen-bond acceptors (Lipinski definition) is 2. The van der Waals surface area contributed by atoms with Crippen molar-refractivity contribution >= 4 is 5.78 Å². The Labute approximate surface area is 104 Å². The average molecular weight is 231 g/mol. The Morgan fingerprint density at radius 3 is 2.65 bits per heavy atom. The zero-order chi connectivity index (χ0) is 12.3. The minimum atomic E-state index is 0.253. The van der Waals surface area contributed by atoms with Crippen molar-refractivity contribution in [1.82, 2.24) is 4.90 Å². The van der Waals surface area contributed by atoms with Crippen molar-refractivity contribution in [1.29, 1.82) is 0 Å². The number of hydrogen-bond donors (Lipinski definition) is 0. The summed E-state index contributed by atoms with van der Waals surface area (Å²) in [6.07, 6.45) is 0.675. The van der Waals surface area contributed by atoms with Crippen molar-refractivity contribution in [3.63, 3.8) is 0 Å². The van der Waals surface area contributed by atoms with Crippen molar-refractivity contribution in [2.24, 2.45) is 11.8 Å². The maximum Gasteiger partial charge on any atom is 0.137 e. The molecule has 0 spiro atoms. The van der Waals surface area contributed by atoms with Crippen LogP contribution in [0.15, 0.2) is 30.3 Å². The second-order valence-corrected chi connectivity index (χ2v) is 5.08. The van der Waals surface area contributed by atoms with Crippen LogP contribution in [0.3, 0.4) is 0 Å². The lowest BCUT2D eigenvalue weighted by Gasteiger charge is -2.15. The predicted molar refractivity (Wildman–Crippen MR) is 69.7 cm³/mol. The third kappa shape index (κ3) is 2.95. The van der Waals surface area contributed by atoms with E-state index in [0.29, 0.717) is 18.1 Å². The quantitative estimate of drug-likeness (QED) is 0.794. The van der Waals surface area contributed by atoms with Gasteiger partial charge in [0.1, 0.15) is 5.78 Å². The van der Waals surface area contributed by atoms with E-state index in [1.165, 1.54) is 5.56 Å². The molecule has 0 bridgehead atoms. The highest BCUT2D eigenvalue weighted by atomic mass is 16.1. The van der Waals surface area contributed by atoms with Crippen molar-refractivity contribution < 1.29 is 4.79 Å². The standard InChI is InChI=1S/C15H21NO/c1-3-15(17)14-11-16(9-12(14)2)10-13-7-5-4-6-8-13/h4-8,12,14H,3,9-11H2,1-2H3. The van der Waals surface area contributed by atoms with Crippen LogP contribution < -0.4 is 0 Å². The summed E-state index contributed by atoms with van der Waals surface area (Å²) in [4.78, 5) is 14.2. The summed E-state index contributed by atoms with van der Waals surface area (Å²) in [7, 11) is 0. The van der Waals surface area contributed by atoms with Crippen molar-refractivity contribution in [3.05, 3.63) is 35.9 Å². The highest BCUT2D eigenvalue weighted by Crippen LogP contribution is 2.25. The molecular weight excluding hydrogens is 210 g/mol. The molecule has 2 unspecified atom stereocenters. The first-order valence-corrected chi connectivity index (χ1v) is 6.49. The van der Waals surface area contributed by atoms with Crippen LogP contribution in [-0.4, -0.2) is 23.8 Å². The van der Waals surface area contributed by atoms with Crippen LogP contribution in [0.1, 0.15) is 25.8 Å². The van der Waals surface area contributed by atoms with E-state index in [0.717, 1.165) is 19.6 Å². The van der Waals surface area contributed by atoms with Gasteiger partial charge in [-0.25, -0.2) is 0 Å². The predicted octanol–water partition coefficient (Wildman–Crippen LogP) is 2.73. The summed E-state index contributed by atoms with van der Waals surface area (Å²) in [6.45, 7) is 7.12. The molecule has 1 aromatic carbocycles. The van der Waals surface area contributed by atoms with Gasteiger partial charge in [-0.3, -0.25) is 9.69 Å². The molecule has 2 atom stereocenters. The first-order chi connectivity index (χ1) is 8.20. The fraction of sp³-hybridized carbons (Fsp3) is 0.533. The van der Waals surface area contributed by atoms with Gasteiger partial charge in [0.05, 0.1) is 0 Å². The van der Waals surface area contributed by atoms with Gasteiger partial charge in [-0.15, -0.1) is 0 Å². The number of rotatable bonds is 4. The number of likely N-dealkylation sites (tertiary alicyclic amines) is 1. The van der Waals surface area contributed by atoms with Gasteiger partial charge >= 0.3 is 0 Å². The molecule has 1 heterocycles.